The minimum absolute atomic E-state index is 0.194. The van der Waals surface area contributed by atoms with Crippen LogP contribution in [-0.2, 0) is 6.42 Å². The number of para-hydroxylation sites is 1. The molecule has 3 aromatic rings. The molecule has 0 aliphatic heterocycles. The zero-order valence-corrected chi connectivity index (χ0v) is 11.6. The summed E-state index contributed by atoms with van der Waals surface area (Å²) >= 11 is 0. The van der Waals surface area contributed by atoms with Crippen molar-refractivity contribution in [1.29, 1.82) is 0 Å². The molecule has 0 fully saturated rings. The van der Waals surface area contributed by atoms with E-state index >= 15 is 0 Å². The van der Waals surface area contributed by atoms with Gasteiger partial charge in [0.1, 0.15) is 5.82 Å². The Labute approximate surface area is 118 Å². The van der Waals surface area contributed by atoms with Crippen LogP contribution in [0.1, 0.15) is 25.3 Å². The van der Waals surface area contributed by atoms with E-state index in [1.165, 1.54) is 29.5 Å². The highest BCUT2D eigenvalue weighted by Crippen LogP contribution is 2.31. The van der Waals surface area contributed by atoms with Crippen molar-refractivity contribution in [1.82, 2.24) is 4.98 Å². The molecule has 0 saturated heterocycles. The molecule has 1 heterocycles. The van der Waals surface area contributed by atoms with Crippen LogP contribution in [0.3, 0.4) is 0 Å². The summed E-state index contributed by atoms with van der Waals surface area (Å²) in [4.78, 5) is 3.49. The Morgan fingerprint density at radius 3 is 2.50 bits per heavy atom. The van der Waals surface area contributed by atoms with Gasteiger partial charge >= 0.3 is 0 Å². The molecule has 0 radical (unpaired) electrons. The highest BCUT2D eigenvalue weighted by Gasteiger charge is 2.12. The zero-order valence-electron chi connectivity index (χ0n) is 11.6. The van der Waals surface area contributed by atoms with E-state index in [9.17, 15) is 4.39 Å². The molecule has 0 amide bonds. The molecule has 3 rings (SSSR count). The molecule has 0 saturated carbocycles. The smallest absolute Gasteiger partial charge is 0.123 e. The Morgan fingerprint density at radius 1 is 1.00 bits per heavy atom. The molecule has 0 aliphatic carbocycles. The van der Waals surface area contributed by atoms with Gasteiger partial charge in [0.25, 0.3) is 0 Å². The third kappa shape index (κ3) is 2.34. The van der Waals surface area contributed by atoms with Gasteiger partial charge in [0, 0.05) is 16.6 Å². The molecule has 1 nitrogen and oxygen atoms in total. The van der Waals surface area contributed by atoms with Crippen molar-refractivity contribution in [2.75, 3.05) is 0 Å². The van der Waals surface area contributed by atoms with Gasteiger partial charge in [-0.15, -0.1) is 0 Å². The molecular weight excluding hydrogens is 249 g/mol. The van der Waals surface area contributed by atoms with E-state index in [1.54, 1.807) is 0 Å². The molecule has 0 bridgehead atoms. The number of H-pyrrole nitrogens is 1. The number of nitrogens with one attached hydrogen (secondary N) is 1. The Balaban J connectivity index is 2.15. The average molecular weight is 267 g/mol. The molecule has 0 spiro atoms. The molecular formula is C18H18FN. The van der Waals surface area contributed by atoms with Gasteiger partial charge in [0.05, 0.1) is 0 Å². The van der Waals surface area contributed by atoms with Crippen LogP contribution in [0, 0.1) is 5.82 Å². The van der Waals surface area contributed by atoms with Crippen LogP contribution in [-0.4, -0.2) is 4.98 Å². The van der Waals surface area contributed by atoms with Crippen molar-refractivity contribution in [2.24, 2.45) is 0 Å². The fraction of sp³-hybridized carbons (Fsp3) is 0.222. The number of aromatic amines is 1. The van der Waals surface area contributed by atoms with E-state index < -0.39 is 0 Å². The van der Waals surface area contributed by atoms with Crippen molar-refractivity contribution < 1.29 is 4.39 Å². The van der Waals surface area contributed by atoms with Gasteiger partial charge in [-0.2, -0.15) is 0 Å². The summed E-state index contributed by atoms with van der Waals surface area (Å²) in [5, 5.41) is 1.28. The number of fused-ring (bicyclic) bond motifs is 1. The number of hydrogen-bond donors (Lipinski definition) is 1. The topological polar surface area (TPSA) is 15.8 Å². The molecule has 2 heteroatoms. The summed E-state index contributed by atoms with van der Waals surface area (Å²) < 4.78 is 13.1. The van der Waals surface area contributed by atoms with Crippen molar-refractivity contribution in [2.45, 2.75) is 26.2 Å². The lowest BCUT2D eigenvalue weighted by molar-refractivity contribution is 0.628. The SMILES string of the molecule is CCCCc1c(-c2ccc(F)cc2)[nH]c2ccccc12. The number of rotatable bonds is 4. The first-order chi connectivity index (χ1) is 9.79. The number of unbranched alkanes of at least 4 members (excludes halogenated alkanes) is 1. The lowest BCUT2D eigenvalue weighted by atomic mass is 10.0. The van der Waals surface area contributed by atoms with E-state index in [0.29, 0.717) is 0 Å². The number of aryl methyl sites for hydroxylation is 1. The molecule has 1 aromatic heterocycles. The molecule has 0 aliphatic rings. The molecule has 20 heavy (non-hydrogen) atoms. The average Bonchev–Trinajstić information content (AvgIpc) is 2.84. The van der Waals surface area contributed by atoms with Crippen molar-refractivity contribution in [3.63, 3.8) is 0 Å². The number of halogens is 1. The first kappa shape index (κ1) is 12.9. The Bertz CT molecular complexity index is 710. The maximum Gasteiger partial charge on any atom is 0.123 e. The summed E-state index contributed by atoms with van der Waals surface area (Å²) in [5.74, 6) is -0.194. The predicted molar refractivity (Wildman–Crippen MR) is 82.3 cm³/mol. The van der Waals surface area contributed by atoms with Crippen LogP contribution in [0.15, 0.2) is 48.5 Å². The molecule has 1 N–H and O–H groups in total. The second-order valence-corrected chi connectivity index (χ2v) is 5.13. The van der Waals surface area contributed by atoms with E-state index in [1.807, 2.05) is 18.2 Å². The van der Waals surface area contributed by atoms with Gasteiger partial charge in [-0.05, 0) is 54.3 Å². The molecule has 0 unspecified atom stereocenters. The summed E-state index contributed by atoms with van der Waals surface area (Å²) in [5.41, 5.74) is 4.67. The van der Waals surface area contributed by atoms with E-state index in [2.05, 4.69) is 30.1 Å². The second-order valence-electron chi connectivity index (χ2n) is 5.13. The normalized spacial score (nSPS) is 11.1. The first-order valence-corrected chi connectivity index (χ1v) is 7.15. The Kier molecular flexibility index (Phi) is 3.55. The fourth-order valence-corrected chi connectivity index (χ4v) is 2.68. The lowest BCUT2D eigenvalue weighted by Crippen LogP contribution is -1.88. The molecule has 0 atom stereocenters. The van der Waals surface area contributed by atoms with Gasteiger partial charge in [0.15, 0.2) is 0 Å². The maximum absolute atomic E-state index is 13.1. The summed E-state index contributed by atoms with van der Waals surface area (Å²) in [6.07, 6.45) is 3.38. The van der Waals surface area contributed by atoms with Gasteiger partial charge in [-0.3, -0.25) is 0 Å². The largest absolute Gasteiger partial charge is 0.354 e. The van der Waals surface area contributed by atoms with Crippen LogP contribution in [0.2, 0.25) is 0 Å². The second kappa shape index (κ2) is 5.49. The van der Waals surface area contributed by atoms with Crippen LogP contribution >= 0.6 is 0 Å². The summed E-state index contributed by atoms with van der Waals surface area (Å²) in [6.45, 7) is 2.20. The van der Waals surface area contributed by atoms with E-state index in [-0.39, 0.29) is 5.82 Å². The zero-order chi connectivity index (χ0) is 13.9. The number of hydrogen-bond acceptors (Lipinski definition) is 0. The minimum Gasteiger partial charge on any atom is -0.354 e. The van der Waals surface area contributed by atoms with Gasteiger partial charge in [-0.25, -0.2) is 4.39 Å². The minimum atomic E-state index is -0.194. The van der Waals surface area contributed by atoms with Crippen LogP contribution in [0.4, 0.5) is 4.39 Å². The monoisotopic (exact) mass is 267 g/mol. The van der Waals surface area contributed by atoms with Crippen LogP contribution in [0.25, 0.3) is 22.2 Å². The first-order valence-electron chi connectivity index (χ1n) is 7.15. The Morgan fingerprint density at radius 2 is 1.75 bits per heavy atom. The van der Waals surface area contributed by atoms with Gasteiger partial charge < -0.3 is 4.98 Å². The number of benzene rings is 2. The third-order valence-electron chi connectivity index (χ3n) is 3.73. The quantitative estimate of drug-likeness (QED) is 0.658. The summed E-state index contributed by atoms with van der Waals surface area (Å²) in [7, 11) is 0. The van der Waals surface area contributed by atoms with E-state index in [4.69, 9.17) is 0 Å². The predicted octanol–water partition coefficient (Wildman–Crippen LogP) is 5.32. The van der Waals surface area contributed by atoms with E-state index in [0.717, 1.165) is 29.6 Å². The van der Waals surface area contributed by atoms with Crippen molar-refractivity contribution in [3.8, 4) is 11.3 Å². The number of aromatic nitrogens is 1. The molecule has 102 valence electrons. The standard InChI is InChI=1S/C18H18FN/c1-2-3-6-16-15-7-4-5-8-17(15)20-18(16)13-9-11-14(19)12-10-13/h4-5,7-12,20H,2-3,6H2,1H3. The maximum atomic E-state index is 13.1. The van der Waals surface area contributed by atoms with Crippen molar-refractivity contribution >= 4 is 10.9 Å². The lowest BCUT2D eigenvalue weighted by Gasteiger charge is -2.04. The highest BCUT2D eigenvalue weighted by atomic mass is 19.1. The van der Waals surface area contributed by atoms with Crippen LogP contribution < -0.4 is 0 Å². The van der Waals surface area contributed by atoms with Crippen molar-refractivity contribution in [3.05, 3.63) is 59.9 Å². The van der Waals surface area contributed by atoms with Crippen LogP contribution in [0.5, 0.6) is 0 Å². The Hall–Kier alpha value is -2.09. The summed E-state index contributed by atoms with van der Waals surface area (Å²) in [6, 6.07) is 15.1. The third-order valence-corrected chi connectivity index (χ3v) is 3.73. The fourth-order valence-electron chi connectivity index (χ4n) is 2.68. The molecule has 2 aromatic carbocycles. The van der Waals surface area contributed by atoms with Gasteiger partial charge in [0.2, 0.25) is 0 Å². The van der Waals surface area contributed by atoms with Gasteiger partial charge in [-0.1, -0.05) is 31.5 Å². The highest BCUT2D eigenvalue weighted by molar-refractivity contribution is 5.90.